The fraction of sp³-hybridized carbons (Fsp3) is 0.708. The van der Waals surface area contributed by atoms with E-state index in [1.165, 1.54) is 89.0 Å². The van der Waals surface area contributed by atoms with Crippen molar-refractivity contribution in [2.24, 2.45) is 11.8 Å². The van der Waals surface area contributed by atoms with Crippen LogP contribution in [0.25, 0.3) is 0 Å². The van der Waals surface area contributed by atoms with Crippen LogP contribution < -0.4 is 5.32 Å². The van der Waals surface area contributed by atoms with Gasteiger partial charge in [0.05, 0.1) is 0 Å². The van der Waals surface area contributed by atoms with Crippen LogP contribution in [0.3, 0.4) is 0 Å². The molecule has 4 rings (SSSR count). The lowest BCUT2D eigenvalue weighted by Gasteiger charge is -2.38. The lowest BCUT2D eigenvalue weighted by molar-refractivity contribution is 0.239. The molecule has 3 saturated carbocycles. The van der Waals surface area contributed by atoms with Gasteiger partial charge in [0.1, 0.15) is 0 Å². The third-order valence-corrected chi connectivity index (χ3v) is 7.24. The van der Waals surface area contributed by atoms with Crippen molar-refractivity contribution in [3.63, 3.8) is 0 Å². The Labute approximate surface area is 159 Å². The molecule has 1 aromatic rings. The van der Waals surface area contributed by atoms with E-state index in [2.05, 4.69) is 16.4 Å². The summed E-state index contributed by atoms with van der Waals surface area (Å²) in [6, 6.07) is 4.90. The molecule has 0 radical (unpaired) electrons. The number of nitrogens with zero attached hydrogens (tertiary/aromatic N) is 1. The van der Waals surface area contributed by atoms with Gasteiger partial charge in [-0.25, -0.2) is 0 Å². The zero-order valence-electron chi connectivity index (χ0n) is 16.4. The standard InChI is InChI=1S/C24H36N2/c1-2-8-20(9-3-1)23-10-4-5-11-24(23)21-12-14-22(15-13-21)26-18-19-7-6-16-25-17-19/h6-7,16-17,20,22-23,26H,1-5,8-15,18H2. The molecule has 142 valence electrons. The van der Waals surface area contributed by atoms with Crippen molar-refractivity contribution in [2.45, 2.75) is 96.1 Å². The summed E-state index contributed by atoms with van der Waals surface area (Å²) in [5.41, 5.74) is 5.12. The normalized spacial score (nSPS) is 28.3. The highest BCUT2D eigenvalue weighted by Crippen LogP contribution is 2.44. The molecular weight excluding hydrogens is 316 g/mol. The van der Waals surface area contributed by atoms with Crippen molar-refractivity contribution >= 4 is 0 Å². The Hall–Kier alpha value is -1.15. The quantitative estimate of drug-likeness (QED) is 0.654. The van der Waals surface area contributed by atoms with E-state index < -0.39 is 0 Å². The summed E-state index contributed by atoms with van der Waals surface area (Å²) in [4.78, 5) is 4.23. The van der Waals surface area contributed by atoms with Crippen LogP contribution in [0.5, 0.6) is 0 Å². The van der Waals surface area contributed by atoms with Gasteiger partial charge >= 0.3 is 0 Å². The summed E-state index contributed by atoms with van der Waals surface area (Å²) in [6.07, 6.45) is 22.5. The molecule has 3 aliphatic carbocycles. The van der Waals surface area contributed by atoms with Crippen molar-refractivity contribution in [2.75, 3.05) is 0 Å². The lowest BCUT2D eigenvalue weighted by Crippen LogP contribution is -2.32. The summed E-state index contributed by atoms with van der Waals surface area (Å²) >= 11 is 0. The molecule has 2 heteroatoms. The summed E-state index contributed by atoms with van der Waals surface area (Å²) in [5.74, 6) is 1.98. The predicted octanol–water partition coefficient (Wildman–Crippen LogP) is 6.18. The van der Waals surface area contributed by atoms with Crippen molar-refractivity contribution < 1.29 is 0 Å². The molecule has 0 amide bonds. The summed E-state index contributed by atoms with van der Waals surface area (Å²) < 4.78 is 0. The Kier molecular flexibility index (Phi) is 6.43. The minimum absolute atomic E-state index is 0.691. The average molecular weight is 353 g/mol. The van der Waals surface area contributed by atoms with Gasteiger partial charge in [-0.15, -0.1) is 0 Å². The molecule has 1 heterocycles. The summed E-state index contributed by atoms with van der Waals surface area (Å²) in [7, 11) is 0. The second-order valence-electron chi connectivity index (χ2n) is 8.90. The molecule has 0 aromatic carbocycles. The van der Waals surface area contributed by atoms with E-state index in [1.54, 1.807) is 0 Å². The third-order valence-electron chi connectivity index (χ3n) is 7.24. The maximum absolute atomic E-state index is 4.23. The van der Waals surface area contributed by atoms with Crippen LogP contribution >= 0.6 is 0 Å². The molecule has 1 N–H and O–H groups in total. The number of aromatic nitrogens is 1. The minimum atomic E-state index is 0.691. The van der Waals surface area contributed by atoms with E-state index in [9.17, 15) is 0 Å². The largest absolute Gasteiger partial charge is 0.310 e. The molecule has 0 spiro atoms. The van der Waals surface area contributed by atoms with Gasteiger partial charge in [0, 0.05) is 25.0 Å². The van der Waals surface area contributed by atoms with Gasteiger partial charge in [-0.1, -0.05) is 42.9 Å². The first-order chi connectivity index (χ1) is 12.9. The second-order valence-corrected chi connectivity index (χ2v) is 8.90. The molecule has 3 fully saturated rings. The molecule has 3 aliphatic rings. The number of hydrogen-bond donors (Lipinski definition) is 1. The predicted molar refractivity (Wildman–Crippen MR) is 109 cm³/mol. The first-order valence-corrected chi connectivity index (χ1v) is 11.2. The SMILES string of the molecule is c1cncc(CNC2CCC(=C3CCCCC3C3CCCCC3)CC2)c1. The Morgan fingerprint density at radius 2 is 1.69 bits per heavy atom. The summed E-state index contributed by atoms with van der Waals surface area (Å²) in [6.45, 7) is 0.967. The Bertz CT molecular complexity index is 575. The first-order valence-electron chi connectivity index (χ1n) is 11.2. The monoisotopic (exact) mass is 352 g/mol. The van der Waals surface area contributed by atoms with E-state index in [0.717, 1.165) is 18.4 Å². The highest BCUT2D eigenvalue weighted by Gasteiger charge is 2.31. The Morgan fingerprint density at radius 1 is 0.885 bits per heavy atom. The van der Waals surface area contributed by atoms with Crippen molar-refractivity contribution in [1.29, 1.82) is 0 Å². The van der Waals surface area contributed by atoms with Crippen LogP contribution in [0.2, 0.25) is 0 Å². The second kappa shape index (κ2) is 9.17. The molecule has 2 nitrogen and oxygen atoms in total. The molecule has 0 aliphatic heterocycles. The van der Waals surface area contributed by atoms with E-state index in [-0.39, 0.29) is 0 Å². The van der Waals surface area contributed by atoms with Crippen molar-refractivity contribution in [3.05, 3.63) is 41.2 Å². The Balaban J connectivity index is 1.34. The maximum Gasteiger partial charge on any atom is 0.0312 e. The van der Waals surface area contributed by atoms with E-state index >= 15 is 0 Å². The number of pyridine rings is 1. The molecule has 0 bridgehead atoms. The molecular formula is C24H36N2. The highest BCUT2D eigenvalue weighted by atomic mass is 14.9. The maximum atomic E-state index is 4.23. The van der Waals surface area contributed by atoms with Gasteiger partial charge in [0.2, 0.25) is 0 Å². The molecule has 1 aromatic heterocycles. The fourth-order valence-electron chi connectivity index (χ4n) is 5.79. The number of rotatable bonds is 4. The van der Waals surface area contributed by atoms with E-state index in [1.807, 2.05) is 29.6 Å². The first kappa shape index (κ1) is 18.2. The fourth-order valence-corrected chi connectivity index (χ4v) is 5.79. The van der Waals surface area contributed by atoms with Crippen LogP contribution in [0.15, 0.2) is 35.7 Å². The van der Waals surface area contributed by atoms with Crippen molar-refractivity contribution in [1.82, 2.24) is 10.3 Å². The molecule has 26 heavy (non-hydrogen) atoms. The van der Waals surface area contributed by atoms with Crippen LogP contribution in [0, 0.1) is 11.8 Å². The third kappa shape index (κ3) is 4.57. The van der Waals surface area contributed by atoms with Gasteiger partial charge in [0.15, 0.2) is 0 Å². The number of nitrogens with one attached hydrogen (secondary N) is 1. The van der Waals surface area contributed by atoms with E-state index in [0.29, 0.717) is 6.04 Å². The summed E-state index contributed by atoms with van der Waals surface area (Å²) in [5, 5.41) is 3.77. The van der Waals surface area contributed by atoms with Gasteiger partial charge < -0.3 is 5.32 Å². The molecule has 0 saturated heterocycles. The van der Waals surface area contributed by atoms with Gasteiger partial charge in [-0.05, 0) is 81.3 Å². The zero-order chi connectivity index (χ0) is 17.6. The molecule has 1 atom stereocenters. The van der Waals surface area contributed by atoms with Gasteiger partial charge in [-0.2, -0.15) is 0 Å². The lowest BCUT2D eigenvalue weighted by atomic mass is 9.68. The average Bonchev–Trinajstić information content (AvgIpc) is 2.74. The number of allylic oxidation sites excluding steroid dienone is 2. The molecule has 1 unspecified atom stereocenters. The van der Waals surface area contributed by atoms with Gasteiger partial charge in [-0.3, -0.25) is 4.98 Å². The smallest absolute Gasteiger partial charge is 0.0312 e. The van der Waals surface area contributed by atoms with Crippen molar-refractivity contribution in [3.8, 4) is 0 Å². The van der Waals surface area contributed by atoms with Crippen LogP contribution in [-0.4, -0.2) is 11.0 Å². The topological polar surface area (TPSA) is 24.9 Å². The number of hydrogen-bond acceptors (Lipinski definition) is 2. The Morgan fingerprint density at radius 3 is 2.46 bits per heavy atom. The minimum Gasteiger partial charge on any atom is -0.310 e. The highest BCUT2D eigenvalue weighted by molar-refractivity contribution is 5.22. The van der Waals surface area contributed by atoms with Gasteiger partial charge in [0.25, 0.3) is 0 Å². The van der Waals surface area contributed by atoms with Crippen LogP contribution in [0.4, 0.5) is 0 Å². The zero-order valence-corrected chi connectivity index (χ0v) is 16.4. The van der Waals surface area contributed by atoms with Crippen LogP contribution in [-0.2, 0) is 6.54 Å². The van der Waals surface area contributed by atoms with Crippen LogP contribution in [0.1, 0.15) is 89.0 Å². The van der Waals surface area contributed by atoms with E-state index in [4.69, 9.17) is 0 Å².